The largest absolute Gasteiger partial charge is 0.276 e. The van der Waals surface area contributed by atoms with Crippen LogP contribution in [0, 0.1) is 0 Å². The zero-order chi connectivity index (χ0) is 8.48. The van der Waals surface area contributed by atoms with Gasteiger partial charge in [0.25, 0.3) is 10.2 Å². The fraction of sp³-hybridized carbons (Fsp3) is 1.00. The summed E-state index contributed by atoms with van der Waals surface area (Å²) in [5.41, 5.74) is 0. The van der Waals surface area contributed by atoms with E-state index in [9.17, 15) is 8.42 Å². The highest BCUT2D eigenvalue weighted by molar-refractivity contribution is 7.87. The van der Waals surface area contributed by atoms with Gasteiger partial charge in [0.1, 0.15) is 0 Å². The van der Waals surface area contributed by atoms with Crippen molar-refractivity contribution in [2.75, 3.05) is 7.05 Å². The lowest BCUT2D eigenvalue weighted by Gasteiger charge is -2.31. The van der Waals surface area contributed by atoms with Crippen molar-refractivity contribution in [2.24, 2.45) is 0 Å². The quantitative estimate of drug-likeness (QED) is 0.618. The number of nitrogens with one attached hydrogen (secondary N) is 2. The van der Waals surface area contributed by atoms with E-state index in [1.54, 1.807) is 0 Å². The first-order valence-corrected chi connectivity index (χ1v) is 5.32. The molecule has 1 fully saturated rings. The normalized spacial score (nSPS) is 31.5. The summed E-state index contributed by atoms with van der Waals surface area (Å²) >= 11 is 5.72. The van der Waals surface area contributed by atoms with Crippen LogP contribution in [0.5, 0.6) is 0 Å². The first-order chi connectivity index (χ1) is 5.05. The number of alkyl halides is 1. The molecular weight excluding hydrogens is 188 g/mol. The SMILES string of the molecule is CNS(=O)(=O)NC1CC[C@@H]1Cl. The second-order valence-electron chi connectivity index (χ2n) is 2.53. The highest BCUT2D eigenvalue weighted by Gasteiger charge is 2.31. The maximum Gasteiger partial charge on any atom is 0.276 e. The molecule has 1 aliphatic carbocycles. The Labute approximate surface area is 71.5 Å². The summed E-state index contributed by atoms with van der Waals surface area (Å²) in [5.74, 6) is 0. The standard InChI is InChI=1S/C5H11ClN2O2S/c1-7-11(9,10)8-5-3-2-4(5)6/h4-5,7-8H,2-3H2,1H3/t4-,5?/m0/s1. The Bertz CT molecular complexity index is 229. The van der Waals surface area contributed by atoms with Crippen molar-refractivity contribution in [2.45, 2.75) is 24.3 Å². The van der Waals surface area contributed by atoms with Gasteiger partial charge in [-0.15, -0.1) is 11.6 Å². The Balaban J connectivity index is 2.42. The monoisotopic (exact) mass is 198 g/mol. The van der Waals surface area contributed by atoms with Gasteiger partial charge in [0.15, 0.2) is 0 Å². The van der Waals surface area contributed by atoms with E-state index in [1.165, 1.54) is 7.05 Å². The smallest absolute Gasteiger partial charge is 0.205 e. The van der Waals surface area contributed by atoms with E-state index in [0.717, 1.165) is 12.8 Å². The molecule has 0 amide bonds. The number of hydrogen-bond donors (Lipinski definition) is 2. The van der Waals surface area contributed by atoms with E-state index < -0.39 is 10.2 Å². The molecule has 1 unspecified atom stereocenters. The van der Waals surface area contributed by atoms with Crippen molar-refractivity contribution < 1.29 is 8.42 Å². The van der Waals surface area contributed by atoms with Crippen LogP contribution in [0.2, 0.25) is 0 Å². The van der Waals surface area contributed by atoms with Gasteiger partial charge in [-0.25, -0.2) is 4.72 Å². The summed E-state index contributed by atoms with van der Waals surface area (Å²) in [5, 5.41) is -0.0434. The number of halogens is 1. The summed E-state index contributed by atoms with van der Waals surface area (Å²) in [6.45, 7) is 0. The minimum atomic E-state index is -3.30. The van der Waals surface area contributed by atoms with E-state index in [2.05, 4.69) is 9.44 Å². The molecule has 0 aromatic heterocycles. The molecule has 2 N–H and O–H groups in total. The summed E-state index contributed by atoms with van der Waals surface area (Å²) < 4.78 is 26.3. The average molecular weight is 199 g/mol. The Kier molecular flexibility index (Phi) is 2.74. The average Bonchev–Trinajstić information content (AvgIpc) is 1.98. The Hall–Kier alpha value is 0.160. The summed E-state index contributed by atoms with van der Waals surface area (Å²) in [6.07, 6.45) is 1.72. The van der Waals surface area contributed by atoms with Crippen LogP contribution in [0.1, 0.15) is 12.8 Å². The summed E-state index contributed by atoms with van der Waals surface area (Å²) in [4.78, 5) is 0. The molecule has 1 aliphatic rings. The number of hydrogen-bond acceptors (Lipinski definition) is 2. The highest BCUT2D eigenvalue weighted by Crippen LogP contribution is 2.25. The molecule has 1 saturated carbocycles. The lowest BCUT2D eigenvalue weighted by molar-refractivity contribution is 0.390. The van der Waals surface area contributed by atoms with Crippen LogP contribution in [-0.2, 0) is 10.2 Å². The third-order valence-electron chi connectivity index (χ3n) is 1.77. The van der Waals surface area contributed by atoms with Crippen molar-refractivity contribution in [3.63, 3.8) is 0 Å². The van der Waals surface area contributed by atoms with E-state index in [1.807, 2.05) is 0 Å². The summed E-state index contributed by atoms with van der Waals surface area (Å²) in [7, 11) is -1.93. The van der Waals surface area contributed by atoms with E-state index in [-0.39, 0.29) is 11.4 Å². The van der Waals surface area contributed by atoms with E-state index >= 15 is 0 Å². The van der Waals surface area contributed by atoms with Gasteiger partial charge in [-0.3, -0.25) is 0 Å². The van der Waals surface area contributed by atoms with Crippen molar-refractivity contribution in [3.05, 3.63) is 0 Å². The predicted molar refractivity (Wildman–Crippen MR) is 43.8 cm³/mol. The molecule has 2 atom stereocenters. The van der Waals surface area contributed by atoms with Crippen LogP contribution in [0.4, 0.5) is 0 Å². The first kappa shape index (κ1) is 9.25. The van der Waals surface area contributed by atoms with Gasteiger partial charge >= 0.3 is 0 Å². The third-order valence-corrected chi connectivity index (χ3v) is 3.44. The third kappa shape index (κ3) is 2.30. The molecular formula is C5H11ClN2O2S. The van der Waals surface area contributed by atoms with Crippen LogP contribution in [-0.4, -0.2) is 26.9 Å². The van der Waals surface area contributed by atoms with E-state index in [4.69, 9.17) is 11.6 Å². The molecule has 6 heteroatoms. The molecule has 0 saturated heterocycles. The molecule has 0 aromatic rings. The van der Waals surface area contributed by atoms with Crippen LogP contribution in [0.3, 0.4) is 0 Å². The van der Waals surface area contributed by atoms with Gasteiger partial charge in [-0.2, -0.15) is 13.1 Å². The maximum atomic E-state index is 10.9. The Morgan fingerprint density at radius 3 is 2.36 bits per heavy atom. The molecule has 4 nitrogen and oxygen atoms in total. The van der Waals surface area contributed by atoms with Gasteiger partial charge in [0.05, 0.1) is 5.38 Å². The molecule has 0 bridgehead atoms. The van der Waals surface area contributed by atoms with Crippen LogP contribution < -0.4 is 9.44 Å². The second kappa shape index (κ2) is 3.26. The highest BCUT2D eigenvalue weighted by atomic mass is 35.5. The first-order valence-electron chi connectivity index (χ1n) is 3.40. The minimum Gasteiger partial charge on any atom is -0.205 e. The molecule has 11 heavy (non-hydrogen) atoms. The van der Waals surface area contributed by atoms with Crippen LogP contribution in [0.15, 0.2) is 0 Å². The lowest BCUT2D eigenvalue weighted by Crippen LogP contribution is -2.50. The van der Waals surface area contributed by atoms with Crippen molar-refractivity contribution in [3.8, 4) is 0 Å². The second-order valence-corrected chi connectivity index (χ2v) is 4.74. The van der Waals surface area contributed by atoms with Crippen molar-refractivity contribution in [1.29, 1.82) is 0 Å². The van der Waals surface area contributed by atoms with Gasteiger partial charge in [0, 0.05) is 13.1 Å². The predicted octanol–water partition coefficient (Wildman–Crippen LogP) is -0.190. The maximum absolute atomic E-state index is 10.9. The van der Waals surface area contributed by atoms with Gasteiger partial charge in [0.2, 0.25) is 0 Å². The molecule has 1 rings (SSSR count). The summed E-state index contributed by atoms with van der Waals surface area (Å²) in [6, 6.07) is -0.0888. The van der Waals surface area contributed by atoms with Gasteiger partial charge in [-0.05, 0) is 12.8 Å². The van der Waals surface area contributed by atoms with Crippen LogP contribution >= 0.6 is 11.6 Å². The lowest BCUT2D eigenvalue weighted by atomic mass is 9.94. The topological polar surface area (TPSA) is 58.2 Å². The molecule has 66 valence electrons. The Morgan fingerprint density at radius 2 is 2.09 bits per heavy atom. The molecule has 0 aromatic carbocycles. The van der Waals surface area contributed by atoms with Crippen molar-refractivity contribution >= 4 is 21.8 Å². The zero-order valence-electron chi connectivity index (χ0n) is 6.17. The van der Waals surface area contributed by atoms with E-state index in [0.29, 0.717) is 0 Å². The molecule has 0 aliphatic heterocycles. The Morgan fingerprint density at radius 1 is 1.45 bits per heavy atom. The molecule has 0 radical (unpaired) electrons. The molecule has 0 heterocycles. The van der Waals surface area contributed by atoms with Gasteiger partial charge in [-0.1, -0.05) is 0 Å². The fourth-order valence-corrected chi connectivity index (χ4v) is 2.04. The van der Waals surface area contributed by atoms with Crippen molar-refractivity contribution in [1.82, 2.24) is 9.44 Å². The van der Waals surface area contributed by atoms with Gasteiger partial charge < -0.3 is 0 Å². The number of rotatable bonds is 3. The fourth-order valence-electron chi connectivity index (χ4n) is 0.850. The molecule has 0 spiro atoms. The van der Waals surface area contributed by atoms with Crippen LogP contribution in [0.25, 0.3) is 0 Å². The minimum absolute atomic E-state index is 0.0434. The zero-order valence-corrected chi connectivity index (χ0v) is 7.74.